The molecule has 0 aliphatic heterocycles. The van der Waals surface area contributed by atoms with Crippen molar-refractivity contribution < 1.29 is 8.83 Å². The van der Waals surface area contributed by atoms with Crippen LogP contribution >= 0.6 is 11.8 Å². The highest BCUT2D eigenvalue weighted by atomic mass is 32.2. The van der Waals surface area contributed by atoms with Crippen LogP contribution in [0.15, 0.2) is 32.5 Å². The monoisotopic (exact) mass is 291 g/mol. The summed E-state index contributed by atoms with van der Waals surface area (Å²) in [5.41, 5.74) is 11.0. The third kappa shape index (κ3) is 2.69. The first-order valence-electron chi connectivity index (χ1n) is 5.47. The number of anilines is 2. The Bertz CT molecular complexity index is 692. The lowest BCUT2D eigenvalue weighted by Crippen LogP contribution is -2.05. The molecule has 0 spiro atoms. The Morgan fingerprint density at radius 3 is 2.60 bits per heavy atom. The number of thioether (sulfide) groups is 1. The van der Waals surface area contributed by atoms with E-state index in [9.17, 15) is 0 Å². The third-order valence-corrected chi connectivity index (χ3v) is 2.99. The van der Waals surface area contributed by atoms with Crippen molar-refractivity contribution in [2.75, 3.05) is 11.5 Å². The lowest BCUT2D eigenvalue weighted by atomic mass is 10.5. The van der Waals surface area contributed by atoms with Gasteiger partial charge in [-0.15, -0.1) is 10.2 Å². The van der Waals surface area contributed by atoms with E-state index in [-0.39, 0.29) is 11.9 Å². The number of hydrogen-bond acceptors (Lipinski definition) is 10. The molecule has 0 saturated heterocycles. The van der Waals surface area contributed by atoms with E-state index in [1.54, 1.807) is 12.1 Å². The number of nitrogens with two attached hydrogens (primary N) is 2. The Morgan fingerprint density at radius 1 is 1.10 bits per heavy atom. The van der Waals surface area contributed by atoms with Crippen molar-refractivity contribution in [2.45, 2.75) is 11.0 Å². The normalized spacial score (nSPS) is 10.8. The molecule has 0 aromatic carbocycles. The van der Waals surface area contributed by atoms with Crippen LogP contribution in [0, 0.1) is 0 Å². The van der Waals surface area contributed by atoms with Crippen molar-refractivity contribution in [2.24, 2.45) is 0 Å². The van der Waals surface area contributed by atoms with Crippen molar-refractivity contribution in [3.63, 3.8) is 0 Å². The summed E-state index contributed by atoms with van der Waals surface area (Å²) in [6, 6.07) is 3.47. The summed E-state index contributed by atoms with van der Waals surface area (Å²) in [6.07, 6.45) is 1.53. The fourth-order valence-corrected chi connectivity index (χ4v) is 2.03. The molecule has 0 aliphatic rings. The molecule has 0 radical (unpaired) electrons. The van der Waals surface area contributed by atoms with E-state index < -0.39 is 0 Å². The highest BCUT2D eigenvalue weighted by Gasteiger charge is 2.12. The standard InChI is InChI=1S/C10H9N7O2S/c11-8-13-6(14-9(12)15-8)4-20-10-17-16-7(19-10)5-2-1-3-18-5/h1-3H,4H2,(H4,11,12,13,14,15). The van der Waals surface area contributed by atoms with Crippen LogP contribution < -0.4 is 11.5 Å². The number of rotatable bonds is 4. The lowest BCUT2D eigenvalue weighted by molar-refractivity contribution is 0.447. The summed E-state index contributed by atoms with van der Waals surface area (Å²) in [5.74, 6) is 1.81. The zero-order chi connectivity index (χ0) is 13.9. The van der Waals surface area contributed by atoms with Gasteiger partial charge in [0.15, 0.2) is 5.76 Å². The molecule has 3 aromatic rings. The summed E-state index contributed by atoms with van der Waals surface area (Å²) < 4.78 is 10.6. The van der Waals surface area contributed by atoms with E-state index in [1.807, 2.05) is 0 Å². The largest absolute Gasteiger partial charge is 0.459 e. The van der Waals surface area contributed by atoms with Crippen LogP contribution in [-0.4, -0.2) is 25.1 Å². The van der Waals surface area contributed by atoms with Crippen LogP contribution in [-0.2, 0) is 5.75 Å². The number of hydrogen-bond donors (Lipinski definition) is 2. The van der Waals surface area contributed by atoms with Crippen LogP contribution in [0.3, 0.4) is 0 Å². The average molecular weight is 291 g/mol. The van der Waals surface area contributed by atoms with Crippen LogP contribution in [0.25, 0.3) is 11.7 Å². The molecule has 0 bridgehead atoms. The van der Waals surface area contributed by atoms with Gasteiger partial charge in [-0.2, -0.15) is 15.0 Å². The predicted octanol–water partition coefficient (Wildman–Crippen LogP) is 0.971. The maximum absolute atomic E-state index is 5.48. The van der Waals surface area contributed by atoms with Gasteiger partial charge in [0.2, 0.25) is 11.9 Å². The molecule has 10 heteroatoms. The second-order valence-electron chi connectivity index (χ2n) is 3.61. The quantitative estimate of drug-likeness (QED) is 0.667. The van der Waals surface area contributed by atoms with E-state index in [2.05, 4.69) is 25.1 Å². The fourth-order valence-electron chi connectivity index (χ4n) is 1.42. The van der Waals surface area contributed by atoms with Gasteiger partial charge < -0.3 is 20.3 Å². The summed E-state index contributed by atoms with van der Waals surface area (Å²) in [4.78, 5) is 11.6. The minimum absolute atomic E-state index is 0.0786. The third-order valence-electron chi connectivity index (χ3n) is 2.18. The smallest absolute Gasteiger partial charge is 0.284 e. The zero-order valence-electron chi connectivity index (χ0n) is 10.1. The van der Waals surface area contributed by atoms with E-state index >= 15 is 0 Å². The van der Waals surface area contributed by atoms with Gasteiger partial charge in [-0.05, 0) is 12.1 Å². The molecule has 102 valence electrons. The molecule has 3 heterocycles. The molecule has 0 unspecified atom stereocenters. The van der Waals surface area contributed by atoms with Gasteiger partial charge in [0.05, 0.1) is 12.0 Å². The second kappa shape index (κ2) is 5.17. The van der Waals surface area contributed by atoms with Crippen LogP contribution in [0.2, 0.25) is 0 Å². The average Bonchev–Trinajstić information content (AvgIpc) is 3.06. The molecule has 0 saturated carbocycles. The topological polar surface area (TPSA) is 143 Å². The van der Waals surface area contributed by atoms with Gasteiger partial charge in [0.25, 0.3) is 11.1 Å². The first-order chi connectivity index (χ1) is 9.70. The molecule has 0 fully saturated rings. The van der Waals surface area contributed by atoms with Gasteiger partial charge in [-0.3, -0.25) is 0 Å². The van der Waals surface area contributed by atoms with Crippen molar-refractivity contribution in [1.29, 1.82) is 0 Å². The minimum Gasteiger partial charge on any atom is -0.459 e. The lowest BCUT2D eigenvalue weighted by Gasteiger charge is -1.99. The van der Waals surface area contributed by atoms with E-state index in [4.69, 9.17) is 20.3 Å². The Morgan fingerprint density at radius 2 is 1.90 bits per heavy atom. The molecular weight excluding hydrogens is 282 g/mol. The Labute approximate surface area is 116 Å². The number of aromatic nitrogens is 5. The first-order valence-corrected chi connectivity index (χ1v) is 6.45. The number of nitrogen functional groups attached to an aromatic ring is 2. The van der Waals surface area contributed by atoms with Crippen molar-refractivity contribution in [1.82, 2.24) is 25.1 Å². The van der Waals surface area contributed by atoms with Gasteiger partial charge in [-0.1, -0.05) is 11.8 Å². The molecule has 3 rings (SSSR count). The van der Waals surface area contributed by atoms with Crippen LogP contribution in [0.1, 0.15) is 5.82 Å². The first kappa shape index (κ1) is 12.4. The Balaban J connectivity index is 1.69. The summed E-state index contributed by atoms with van der Waals surface area (Å²) in [6.45, 7) is 0. The van der Waals surface area contributed by atoms with E-state index in [0.29, 0.717) is 28.5 Å². The van der Waals surface area contributed by atoms with Crippen molar-refractivity contribution >= 4 is 23.7 Å². The summed E-state index contributed by atoms with van der Waals surface area (Å²) in [7, 11) is 0. The Kier molecular flexibility index (Phi) is 3.21. The fraction of sp³-hybridized carbons (Fsp3) is 0.100. The predicted molar refractivity (Wildman–Crippen MR) is 70.2 cm³/mol. The van der Waals surface area contributed by atoms with Gasteiger partial charge >= 0.3 is 0 Å². The van der Waals surface area contributed by atoms with Crippen LogP contribution in [0.5, 0.6) is 0 Å². The number of furan rings is 1. The zero-order valence-corrected chi connectivity index (χ0v) is 10.9. The highest BCUT2D eigenvalue weighted by molar-refractivity contribution is 7.98. The maximum Gasteiger partial charge on any atom is 0.284 e. The van der Waals surface area contributed by atoms with Crippen molar-refractivity contribution in [3.05, 3.63) is 24.2 Å². The molecule has 0 amide bonds. The van der Waals surface area contributed by atoms with Crippen molar-refractivity contribution in [3.8, 4) is 11.7 Å². The molecule has 3 aromatic heterocycles. The number of nitrogens with zero attached hydrogens (tertiary/aromatic N) is 5. The molecule has 0 aliphatic carbocycles. The Hall–Kier alpha value is -2.62. The SMILES string of the molecule is Nc1nc(N)nc(CSc2nnc(-c3ccco3)o2)n1. The summed E-state index contributed by atoms with van der Waals surface area (Å²) in [5, 5.41) is 8.13. The van der Waals surface area contributed by atoms with E-state index in [0.717, 1.165) is 0 Å². The molecule has 0 atom stereocenters. The van der Waals surface area contributed by atoms with Gasteiger partial charge in [0, 0.05) is 0 Å². The summed E-state index contributed by atoms with van der Waals surface area (Å²) >= 11 is 1.26. The minimum atomic E-state index is 0.0786. The van der Waals surface area contributed by atoms with Gasteiger partial charge in [0.1, 0.15) is 5.82 Å². The van der Waals surface area contributed by atoms with Gasteiger partial charge in [-0.25, -0.2) is 0 Å². The molecule has 4 N–H and O–H groups in total. The highest BCUT2D eigenvalue weighted by Crippen LogP contribution is 2.25. The second-order valence-corrected chi connectivity index (χ2v) is 4.53. The maximum atomic E-state index is 5.48. The van der Waals surface area contributed by atoms with E-state index in [1.165, 1.54) is 18.0 Å². The molecule has 9 nitrogen and oxygen atoms in total. The molecular formula is C10H9N7O2S. The molecule has 20 heavy (non-hydrogen) atoms. The van der Waals surface area contributed by atoms with Crippen LogP contribution in [0.4, 0.5) is 11.9 Å².